The third-order valence-corrected chi connectivity index (χ3v) is 6.10. The van der Waals surface area contributed by atoms with E-state index in [2.05, 4.69) is 12.1 Å². The predicted molar refractivity (Wildman–Crippen MR) is 108 cm³/mol. The first kappa shape index (κ1) is 17.4. The van der Waals surface area contributed by atoms with Crippen molar-refractivity contribution in [3.8, 4) is 0 Å². The molecule has 3 aromatic carbocycles. The number of hydrogen-bond donors (Lipinski definition) is 0. The van der Waals surface area contributed by atoms with Gasteiger partial charge in [-0.1, -0.05) is 66.2 Å². The van der Waals surface area contributed by atoms with Crippen LogP contribution in [0.2, 0.25) is 5.02 Å². The minimum atomic E-state index is -0.223. The quantitative estimate of drug-likeness (QED) is 0.559. The van der Waals surface area contributed by atoms with Crippen molar-refractivity contribution in [3.63, 3.8) is 0 Å². The van der Waals surface area contributed by atoms with E-state index in [9.17, 15) is 9.18 Å². The number of amides is 1. The van der Waals surface area contributed by atoms with E-state index in [4.69, 9.17) is 11.6 Å². The second-order valence-corrected chi connectivity index (χ2v) is 8.03. The van der Waals surface area contributed by atoms with Gasteiger partial charge in [-0.2, -0.15) is 0 Å². The Kier molecular flexibility index (Phi) is 4.21. The first-order valence-corrected chi connectivity index (χ1v) is 9.89. The molecule has 0 bridgehead atoms. The lowest BCUT2D eigenvalue weighted by atomic mass is 9.98. The zero-order chi connectivity index (χ0) is 19.3. The van der Waals surface area contributed by atoms with Crippen LogP contribution in [0.3, 0.4) is 0 Å². The molecule has 4 heteroatoms. The molecular formula is C24H19ClFNO. The lowest BCUT2D eigenvalue weighted by Gasteiger charge is -2.26. The molecule has 1 heterocycles. The van der Waals surface area contributed by atoms with Crippen LogP contribution in [0.1, 0.15) is 40.6 Å². The molecule has 3 aromatic rings. The van der Waals surface area contributed by atoms with E-state index in [-0.39, 0.29) is 29.6 Å². The first-order chi connectivity index (χ1) is 13.6. The maximum absolute atomic E-state index is 14.2. The molecule has 5 rings (SSSR count). The maximum atomic E-state index is 14.2. The smallest absolute Gasteiger partial charge is 0.227 e. The van der Waals surface area contributed by atoms with Crippen LogP contribution in [0, 0.1) is 11.7 Å². The Balaban J connectivity index is 1.47. The van der Waals surface area contributed by atoms with Crippen molar-refractivity contribution in [2.45, 2.75) is 24.9 Å². The lowest BCUT2D eigenvalue weighted by molar-refractivity contribution is -0.134. The normalized spacial score (nSPS) is 22.8. The number of carbonyl (C=O) groups excluding carboxylic acids is 1. The molecule has 0 unspecified atom stereocenters. The van der Waals surface area contributed by atoms with Crippen LogP contribution in [0.5, 0.6) is 0 Å². The van der Waals surface area contributed by atoms with Crippen LogP contribution in [0.25, 0.3) is 0 Å². The molecule has 2 aliphatic rings. The number of nitrogens with zero attached hydrogens (tertiary/aromatic N) is 1. The van der Waals surface area contributed by atoms with E-state index in [1.165, 1.54) is 6.07 Å². The van der Waals surface area contributed by atoms with Crippen molar-refractivity contribution in [3.05, 3.63) is 106 Å². The summed E-state index contributed by atoms with van der Waals surface area (Å²) in [7, 11) is 0. The number of benzene rings is 3. The largest absolute Gasteiger partial charge is 0.327 e. The van der Waals surface area contributed by atoms with E-state index < -0.39 is 0 Å². The van der Waals surface area contributed by atoms with Gasteiger partial charge in [-0.15, -0.1) is 0 Å². The zero-order valence-corrected chi connectivity index (χ0v) is 15.9. The van der Waals surface area contributed by atoms with Gasteiger partial charge in [-0.25, -0.2) is 4.39 Å². The van der Waals surface area contributed by atoms with Crippen molar-refractivity contribution in [2.24, 2.45) is 5.92 Å². The zero-order valence-electron chi connectivity index (χ0n) is 15.2. The van der Waals surface area contributed by atoms with Gasteiger partial charge in [0.15, 0.2) is 0 Å². The predicted octanol–water partition coefficient (Wildman–Crippen LogP) is 5.71. The average Bonchev–Trinajstić information content (AvgIpc) is 3.40. The highest BCUT2D eigenvalue weighted by Crippen LogP contribution is 2.51. The summed E-state index contributed by atoms with van der Waals surface area (Å²) in [4.78, 5) is 15.3. The summed E-state index contributed by atoms with van der Waals surface area (Å²) < 4.78 is 14.2. The molecule has 28 heavy (non-hydrogen) atoms. The number of fused-ring (bicyclic) bond motifs is 1. The fourth-order valence-corrected chi connectivity index (χ4v) is 4.63. The Bertz CT molecular complexity index is 1070. The summed E-state index contributed by atoms with van der Waals surface area (Å²) >= 11 is 6.23. The molecule has 3 atom stereocenters. The molecule has 0 saturated heterocycles. The molecule has 140 valence electrons. The highest BCUT2D eigenvalue weighted by atomic mass is 35.5. The number of hydrogen-bond acceptors (Lipinski definition) is 1. The minimum Gasteiger partial charge on any atom is -0.327 e. The molecular weight excluding hydrogens is 373 g/mol. The monoisotopic (exact) mass is 391 g/mol. The van der Waals surface area contributed by atoms with Crippen LogP contribution in [0.4, 0.5) is 4.39 Å². The van der Waals surface area contributed by atoms with E-state index in [0.717, 1.165) is 16.7 Å². The van der Waals surface area contributed by atoms with Crippen molar-refractivity contribution < 1.29 is 9.18 Å². The summed E-state index contributed by atoms with van der Waals surface area (Å²) in [6.45, 7) is 0.576. The molecule has 0 N–H and O–H groups in total. The Morgan fingerprint density at radius 1 is 0.964 bits per heavy atom. The second kappa shape index (κ2) is 6.75. The van der Waals surface area contributed by atoms with Gasteiger partial charge in [0, 0.05) is 17.5 Å². The van der Waals surface area contributed by atoms with Gasteiger partial charge in [0.2, 0.25) is 5.91 Å². The lowest BCUT2D eigenvalue weighted by Crippen LogP contribution is -2.31. The van der Waals surface area contributed by atoms with Crippen LogP contribution in [-0.2, 0) is 11.3 Å². The third-order valence-electron chi connectivity index (χ3n) is 5.86. The Morgan fingerprint density at radius 2 is 1.71 bits per heavy atom. The van der Waals surface area contributed by atoms with Gasteiger partial charge in [-0.3, -0.25) is 4.79 Å². The summed E-state index contributed by atoms with van der Waals surface area (Å²) in [5.74, 6) is -0.321. The Morgan fingerprint density at radius 3 is 2.50 bits per heavy atom. The topological polar surface area (TPSA) is 20.3 Å². The van der Waals surface area contributed by atoms with Crippen LogP contribution >= 0.6 is 11.6 Å². The van der Waals surface area contributed by atoms with Crippen LogP contribution < -0.4 is 0 Å². The second-order valence-electron chi connectivity index (χ2n) is 7.59. The van der Waals surface area contributed by atoms with E-state index in [0.29, 0.717) is 23.6 Å². The molecule has 0 aromatic heterocycles. The summed E-state index contributed by atoms with van der Waals surface area (Å²) in [5, 5.41) is 0.657. The van der Waals surface area contributed by atoms with Crippen molar-refractivity contribution in [1.29, 1.82) is 0 Å². The SMILES string of the molecule is O=C([C@H]1C[C@@H]1c1ccccc1F)N1Cc2ccccc2[C@H]1c1cccc(Cl)c1. The highest BCUT2D eigenvalue weighted by Gasteiger charge is 2.49. The van der Waals surface area contributed by atoms with Crippen molar-refractivity contribution in [2.75, 3.05) is 0 Å². The summed E-state index contributed by atoms with van der Waals surface area (Å²) in [6, 6.07) is 22.5. The molecule has 0 spiro atoms. The number of carbonyl (C=O) groups is 1. The van der Waals surface area contributed by atoms with Crippen LogP contribution in [0.15, 0.2) is 72.8 Å². The Hall–Kier alpha value is -2.65. The molecule has 1 aliphatic carbocycles. The fourth-order valence-electron chi connectivity index (χ4n) is 4.43. The summed E-state index contributed by atoms with van der Waals surface area (Å²) in [5.41, 5.74) is 3.95. The molecule has 2 nitrogen and oxygen atoms in total. The van der Waals surface area contributed by atoms with Crippen molar-refractivity contribution in [1.82, 2.24) is 4.90 Å². The molecule has 1 amide bonds. The summed E-state index contributed by atoms with van der Waals surface area (Å²) in [6.07, 6.45) is 0.703. The van der Waals surface area contributed by atoms with Gasteiger partial charge < -0.3 is 4.90 Å². The average molecular weight is 392 g/mol. The maximum Gasteiger partial charge on any atom is 0.227 e. The number of rotatable bonds is 3. The van der Waals surface area contributed by atoms with Gasteiger partial charge >= 0.3 is 0 Å². The molecule has 1 aliphatic heterocycles. The highest BCUT2D eigenvalue weighted by molar-refractivity contribution is 6.30. The molecule has 0 radical (unpaired) electrons. The van der Waals surface area contributed by atoms with E-state index in [1.807, 2.05) is 47.4 Å². The molecule has 1 fully saturated rings. The van der Waals surface area contributed by atoms with Gasteiger partial charge in [0.25, 0.3) is 0 Å². The van der Waals surface area contributed by atoms with Gasteiger partial charge in [-0.05, 0) is 52.8 Å². The standard InChI is InChI=1S/C24H19ClFNO/c25-17-8-5-7-15(12-17)23-18-9-2-1-6-16(18)14-27(23)24(28)21-13-20(21)19-10-3-4-11-22(19)26/h1-12,20-21,23H,13-14H2/t20-,21+,23-/m1/s1. The minimum absolute atomic E-state index is 0.0302. The van der Waals surface area contributed by atoms with Crippen LogP contribution in [-0.4, -0.2) is 10.8 Å². The van der Waals surface area contributed by atoms with E-state index >= 15 is 0 Å². The van der Waals surface area contributed by atoms with Gasteiger partial charge in [0.1, 0.15) is 5.82 Å². The fraction of sp³-hybridized carbons (Fsp3) is 0.208. The molecule has 1 saturated carbocycles. The van der Waals surface area contributed by atoms with E-state index in [1.54, 1.807) is 12.1 Å². The van der Waals surface area contributed by atoms with Crippen molar-refractivity contribution >= 4 is 17.5 Å². The first-order valence-electron chi connectivity index (χ1n) is 9.51. The number of halogens is 2. The third kappa shape index (κ3) is 2.91. The Labute approximate surface area is 168 Å². The van der Waals surface area contributed by atoms with Gasteiger partial charge in [0.05, 0.1) is 6.04 Å².